The summed E-state index contributed by atoms with van der Waals surface area (Å²) < 4.78 is 0. The zero-order valence-corrected chi connectivity index (χ0v) is 9.31. The third kappa shape index (κ3) is 2.37. The summed E-state index contributed by atoms with van der Waals surface area (Å²) in [6.07, 6.45) is 1.67. The molecule has 0 aliphatic heterocycles. The van der Waals surface area contributed by atoms with Crippen LogP contribution in [0.15, 0.2) is 11.6 Å². The third-order valence-electron chi connectivity index (χ3n) is 2.34. The van der Waals surface area contributed by atoms with Crippen LogP contribution < -0.4 is 0 Å². The molecule has 0 fully saturated rings. The lowest BCUT2D eigenvalue weighted by atomic mass is 9.80. The Balaban J connectivity index is 2.81. The van der Waals surface area contributed by atoms with Crippen LogP contribution in [0.5, 0.6) is 0 Å². The maximum atomic E-state index is 11.8. The van der Waals surface area contributed by atoms with E-state index in [1.807, 2.05) is 12.3 Å². The van der Waals surface area contributed by atoms with E-state index >= 15 is 0 Å². The number of thiazole rings is 1. The Labute approximate surface area is 83.0 Å². The van der Waals surface area contributed by atoms with E-state index < -0.39 is 0 Å². The average Bonchev–Trinajstić information content (AvgIpc) is 2.51. The highest BCUT2D eigenvalue weighted by Gasteiger charge is 2.28. The van der Waals surface area contributed by atoms with E-state index in [1.165, 1.54) is 11.3 Å². The minimum atomic E-state index is 0.0166. The second-order valence-electron chi connectivity index (χ2n) is 4.29. The summed E-state index contributed by atoms with van der Waals surface area (Å²) in [7, 11) is 0. The molecule has 1 aromatic rings. The average molecular weight is 197 g/mol. The summed E-state index contributed by atoms with van der Waals surface area (Å²) in [4.78, 5) is 15.8. The van der Waals surface area contributed by atoms with Crippen LogP contribution in [0.4, 0.5) is 0 Å². The first-order valence-electron chi connectivity index (χ1n) is 4.36. The van der Waals surface area contributed by atoms with E-state index in [2.05, 4.69) is 25.8 Å². The van der Waals surface area contributed by atoms with Crippen molar-refractivity contribution >= 4 is 17.1 Å². The van der Waals surface area contributed by atoms with Gasteiger partial charge in [-0.25, -0.2) is 4.98 Å². The molecule has 0 N–H and O–H groups in total. The number of Topliss-reactive ketones (excluding diaryl/α,β-unsaturated/α-hetero) is 1. The molecule has 3 heteroatoms. The van der Waals surface area contributed by atoms with Crippen molar-refractivity contribution in [3.63, 3.8) is 0 Å². The predicted molar refractivity (Wildman–Crippen MR) is 55.1 cm³/mol. The van der Waals surface area contributed by atoms with Crippen LogP contribution in [0, 0.1) is 11.3 Å². The topological polar surface area (TPSA) is 30.0 Å². The van der Waals surface area contributed by atoms with Gasteiger partial charge in [-0.1, -0.05) is 27.7 Å². The molecule has 72 valence electrons. The smallest absolute Gasteiger partial charge is 0.194 e. The van der Waals surface area contributed by atoms with Gasteiger partial charge in [0.25, 0.3) is 0 Å². The number of rotatable bonds is 2. The van der Waals surface area contributed by atoms with Crippen molar-refractivity contribution in [1.29, 1.82) is 0 Å². The SMILES string of the molecule is CC(C(=O)c1nccs1)C(C)(C)C. The van der Waals surface area contributed by atoms with E-state index in [-0.39, 0.29) is 17.1 Å². The van der Waals surface area contributed by atoms with Crippen molar-refractivity contribution in [2.24, 2.45) is 11.3 Å². The lowest BCUT2D eigenvalue weighted by Gasteiger charge is -2.24. The molecule has 1 atom stereocenters. The normalized spacial score (nSPS) is 14.2. The highest BCUT2D eigenvalue weighted by Crippen LogP contribution is 2.28. The third-order valence-corrected chi connectivity index (χ3v) is 3.12. The monoisotopic (exact) mass is 197 g/mol. The Morgan fingerprint density at radius 2 is 2.15 bits per heavy atom. The van der Waals surface area contributed by atoms with Crippen molar-refractivity contribution < 1.29 is 4.79 Å². The van der Waals surface area contributed by atoms with E-state index in [0.29, 0.717) is 5.01 Å². The second kappa shape index (κ2) is 3.58. The molecule has 1 rings (SSSR count). The van der Waals surface area contributed by atoms with Gasteiger partial charge in [0.1, 0.15) is 0 Å². The highest BCUT2D eigenvalue weighted by molar-refractivity contribution is 7.11. The van der Waals surface area contributed by atoms with Gasteiger partial charge in [0.2, 0.25) is 0 Å². The van der Waals surface area contributed by atoms with Gasteiger partial charge >= 0.3 is 0 Å². The van der Waals surface area contributed by atoms with Gasteiger partial charge in [-0.3, -0.25) is 4.79 Å². The summed E-state index contributed by atoms with van der Waals surface area (Å²) in [5.41, 5.74) is 0.0166. The van der Waals surface area contributed by atoms with E-state index in [9.17, 15) is 4.79 Å². The van der Waals surface area contributed by atoms with Crippen molar-refractivity contribution in [3.05, 3.63) is 16.6 Å². The van der Waals surface area contributed by atoms with Gasteiger partial charge in [0.05, 0.1) is 0 Å². The number of nitrogens with zero attached hydrogens (tertiary/aromatic N) is 1. The summed E-state index contributed by atoms with van der Waals surface area (Å²) >= 11 is 1.41. The first-order chi connectivity index (χ1) is 5.93. The molecule has 0 aliphatic rings. The van der Waals surface area contributed by atoms with Crippen LogP contribution in [0.25, 0.3) is 0 Å². The quantitative estimate of drug-likeness (QED) is 0.682. The van der Waals surface area contributed by atoms with Gasteiger partial charge in [0.15, 0.2) is 10.8 Å². The Bertz CT molecular complexity index is 284. The molecule has 0 amide bonds. The van der Waals surface area contributed by atoms with Crippen molar-refractivity contribution in [2.75, 3.05) is 0 Å². The molecule has 0 saturated carbocycles. The van der Waals surface area contributed by atoms with Crippen LogP contribution in [0.2, 0.25) is 0 Å². The molecule has 1 aromatic heterocycles. The number of hydrogen-bond donors (Lipinski definition) is 0. The zero-order valence-electron chi connectivity index (χ0n) is 8.50. The van der Waals surface area contributed by atoms with Crippen molar-refractivity contribution in [1.82, 2.24) is 4.98 Å². The second-order valence-corrected chi connectivity index (χ2v) is 5.18. The molecule has 2 nitrogen and oxygen atoms in total. The van der Waals surface area contributed by atoms with Gasteiger partial charge in [-0.2, -0.15) is 0 Å². The zero-order chi connectivity index (χ0) is 10.1. The summed E-state index contributed by atoms with van der Waals surface area (Å²) in [6, 6.07) is 0. The fraction of sp³-hybridized carbons (Fsp3) is 0.600. The minimum absolute atomic E-state index is 0.0166. The highest BCUT2D eigenvalue weighted by atomic mass is 32.1. The number of aromatic nitrogens is 1. The first-order valence-corrected chi connectivity index (χ1v) is 5.24. The fourth-order valence-corrected chi connectivity index (χ4v) is 1.59. The molecule has 0 radical (unpaired) electrons. The van der Waals surface area contributed by atoms with Crippen molar-refractivity contribution in [2.45, 2.75) is 27.7 Å². The molecule has 0 aliphatic carbocycles. The molecule has 13 heavy (non-hydrogen) atoms. The lowest BCUT2D eigenvalue weighted by Crippen LogP contribution is -2.25. The van der Waals surface area contributed by atoms with Crippen LogP contribution in [0.3, 0.4) is 0 Å². The number of carbonyl (C=O) groups excluding carboxylic acids is 1. The molecular formula is C10H15NOS. The summed E-state index contributed by atoms with van der Waals surface area (Å²) in [6.45, 7) is 8.18. The molecule has 1 heterocycles. The number of carbonyl (C=O) groups is 1. The van der Waals surface area contributed by atoms with Crippen LogP contribution in [-0.2, 0) is 0 Å². The fourth-order valence-electron chi connectivity index (χ4n) is 0.924. The van der Waals surface area contributed by atoms with Gasteiger partial charge in [0, 0.05) is 17.5 Å². The number of ketones is 1. The molecule has 1 unspecified atom stereocenters. The maximum Gasteiger partial charge on any atom is 0.194 e. The van der Waals surface area contributed by atoms with E-state index in [4.69, 9.17) is 0 Å². The van der Waals surface area contributed by atoms with Crippen LogP contribution in [0.1, 0.15) is 37.5 Å². The predicted octanol–water partition coefficient (Wildman–Crippen LogP) is 3.01. The molecule has 0 bridgehead atoms. The molecule has 0 spiro atoms. The Morgan fingerprint density at radius 1 is 1.54 bits per heavy atom. The minimum Gasteiger partial charge on any atom is -0.291 e. The van der Waals surface area contributed by atoms with Gasteiger partial charge in [-0.15, -0.1) is 11.3 Å². The Hall–Kier alpha value is -0.700. The molecular weight excluding hydrogens is 182 g/mol. The molecule has 0 aromatic carbocycles. The van der Waals surface area contributed by atoms with Crippen molar-refractivity contribution in [3.8, 4) is 0 Å². The molecule has 0 saturated heterocycles. The van der Waals surface area contributed by atoms with Crippen LogP contribution in [-0.4, -0.2) is 10.8 Å². The summed E-state index contributed by atoms with van der Waals surface area (Å²) in [5.74, 6) is 0.182. The van der Waals surface area contributed by atoms with Gasteiger partial charge in [-0.05, 0) is 5.41 Å². The van der Waals surface area contributed by atoms with Crippen LogP contribution >= 0.6 is 11.3 Å². The standard InChI is InChI=1S/C10H15NOS/c1-7(10(2,3)4)8(12)9-11-5-6-13-9/h5-7H,1-4H3. The Kier molecular flexibility index (Phi) is 2.86. The Morgan fingerprint density at radius 3 is 2.54 bits per heavy atom. The largest absolute Gasteiger partial charge is 0.291 e. The van der Waals surface area contributed by atoms with Gasteiger partial charge < -0.3 is 0 Å². The maximum absolute atomic E-state index is 11.8. The number of hydrogen-bond acceptors (Lipinski definition) is 3. The van der Waals surface area contributed by atoms with E-state index in [0.717, 1.165) is 0 Å². The summed E-state index contributed by atoms with van der Waals surface area (Å²) in [5, 5.41) is 2.46. The van der Waals surface area contributed by atoms with E-state index in [1.54, 1.807) is 6.20 Å². The lowest BCUT2D eigenvalue weighted by molar-refractivity contribution is 0.0839. The first kappa shape index (κ1) is 10.4.